The van der Waals surface area contributed by atoms with Gasteiger partial charge in [0.1, 0.15) is 5.78 Å². The Morgan fingerprint density at radius 2 is 1.49 bits per heavy atom. The Hall–Kier alpha value is -3.71. The highest BCUT2D eigenvalue weighted by atomic mass is 16.5. The molecule has 0 bridgehead atoms. The van der Waals surface area contributed by atoms with Crippen LogP contribution in [-0.4, -0.2) is 71.0 Å². The molecule has 3 rings (SSSR count). The first kappa shape index (κ1) is 29.8. The van der Waals surface area contributed by atoms with Gasteiger partial charge in [-0.3, -0.25) is 14.5 Å². The van der Waals surface area contributed by atoms with Crippen LogP contribution < -0.4 is 15.5 Å². The number of amides is 3. The van der Waals surface area contributed by atoms with Gasteiger partial charge >= 0.3 is 6.03 Å². The van der Waals surface area contributed by atoms with E-state index in [1.807, 2.05) is 48.5 Å². The number of benzene rings is 2. The van der Waals surface area contributed by atoms with Gasteiger partial charge in [-0.1, -0.05) is 42.2 Å². The monoisotopic (exact) mass is 535 g/mol. The molecule has 0 atom stereocenters. The smallest absolute Gasteiger partial charge is 0.322 e. The molecule has 2 aromatic rings. The van der Waals surface area contributed by atoms with Crippen molar-refractivity contribution in [3.63, 3.8) is 0 Å². The maximum atomic E-state index is 13.1. The molecule has 0 aromatic heterocycles. The third-order valence-electron chi connectivity index (χ3n) is 6.03. The third kappa shape index (κ3) is 10.5. The van der Waals surface area contributed by atoms with Crippen LogP contribution in [0.5, 0.6) is 0 Å². The maximum absolute atomic E-state index is 13.1. The highest BCUT2D eigenvalue weighted by molar-refractivity contribution is 5.94. The minimum Gasteiger partial charge on any atom is -0.382 e. The molecule has 9 nitrogen and oxygen atoms in total. The van der Waals surface area contributed by atoms with E-state index in [0.717, 1.165) is 22.4 Å². The molecule has 0 aliphatic carbocycles. The molecule has 0 fully saturated rings. The summed E-state index contributed by atoms with van der Waals surface area (Å²) in [6.07, 6.45) is 1.22. The summed E-state index contributed by atoms with van der Waals surface area (Å²) in [5, 5.41) is 5.65. The Balaban J connectivity index is 1.33. The molecular formula is C30H37N3O6. The van der Waals surface area contributed by atoms with Crippen molar-refractivity contribution < 1.29 is 28.6 Å². The highest BCUT2D eigenvalue weighted by Crippen LogP contribution is 2.25. The van der Waals surface area contributed by atoms with Gasteiger partial charge in [0.25, 0.3) is 0 Å². The minimum atomic E-state index is -0.281. The molecule has 0 unspecified atom stereocenters. The van der Waals surface area contributed by atoms with Gasteiger partial charge < -0.3 is 24.8 Å². The Bertz CT molecular complexity index is 1160. The number of Topliss-reactive ketones (excluding diaryl/α,β-unsaturated/α-hetero) is 1. The summed E-state index contributed by atoms with van der Waals surface area (Å²) in [4.78, 5) is 39.1. The van der Waals surface area contributed by atoms with E-state index in [2.05, 4.69) is 22.5 Å². The maximum Gasteiger partial charge on any atom is 0.322 e. The zero-order valence-electron chi connectivity index (χ0n) is 22.5. The van der Waals surface area contributed by atoms with E-state index in [0.29, 0.717) is 52.5 Å². The van der Waals surface area contributed by atoms with Crippen molar-refractivity contribution in [3.05, 3.63) is 65.2 Å². The summed E-state index contributed by atoms with van der Waals surface area (Å²) < 4.78 is 15.6. The van der Waals surface area contributed by atoms with Crippen LogP contribution in [0.25, 0.3) is 0 Å². The third-order valence-corrected chi connectivity index (χ3v) is 6.03. The molecule has 1 aliphatic rings. The first-order valence-electron chi connectivity index (χ1n) is 13.3. The zero-order chi connectivity index (χ0) is 27.7. The van der Waals surface area contributed by atoms with E-state index in [1.165, 1.54) is 0 Å². The van der Waals surface area contributed by atoms with Gasteiger partial charge in [0.05, 0.1) is 45.3 Å². The Kier molecular flexibility index (Phi) is 13.0. The predicted molar refractivity (Wildman–Crippen MR) is 148 cm³/mol. The van der Waals surface area contributed by atoms with Crippen LogP contribution in [0.4, 0.5) is 10.5 Å². The van der Waals surface area contributed by atoms with Crippen LogP contribution in [0, 0.1) is 11.8 Å². The lowest BCUT2D eigenvalue weighted by Gasteiger charge is -2.26. The Morgan fingerprint density at radius 1 is 0.795 bits per heavy atom. The van der Waals surface area contributed by atoms with Crippen molar-refractivity contribution in [1.29, 1.82) is 0 Å². The molecule has 1 heterocycles. The number of anilines is 1. The average molecular weight is 536 g/mol. The van der Waals surface area contributed by atoms with Crippen molar-refractivity contribution >= 4 is 23.4 Å². The number of rotatable bonds is 16. The van der Waals surface area contributed by atoms with Crippen molar-refractivity contribution in [2.24, 2.45) is 0 Å². The van der Waals surface area contributed by atoms with E-state index in [9.17, 15) is 14.4 Å². The number of carbonyl (C=O) groups is 3. The van der Waals surface area contributed by atoms with Gasteiger partial charge in [0, 0.05) is 50.6 Å². The second-order valence-electron chi connectivity index (χ2n) is 8.95. The summed E-state index contributed by atoms with van der Waals surface area (Å²) >= 11 is 0. The van der Waals surface area contributed by atoms with E-state index < -0.39 is 0 Å². The molecule has 0 radical (unpaired) electrons. The van der Waals surface area contributed by atoms with Crippen molar-refractivity contribution in [2.45, 2.75) is 32.2 Å². The number of methoxy groups -OCH3 is 1. The predicted octanol–water partition coefficient (Wildman–Crippen LogP) is 3.04. The van der Waals surface area contributed by atoms with E-state index >= 15 is 0 Å². The fourth-order valence-electron chi connectivity index (χ4n) is 3.96. The van der Waals surface area contributed by atoms with Crippen LogP contribution >= 0.6 is 0 Å². The molecule has 39 heavy (non-hydrogen) atoms. The number of ether oxygens (including phenoxy) is 3. The van der Waals surface area contributed by atoms with E-state index in [4.69, 9.17) is 14.2 Å². The second-order valence-corrected chi connectivity index (χ2v) is 8.95. The number of hydrogen-bond acceptors (Lipinski definition) is 6. The molecular weight excluding hydrogens is 498 g/mol. The van der Waals surface area contributed by atoms with Crippen LogP contribution in [0.3, 0.4) is 0 Å². The summed E-state index contributed by atoms with van der Waals surface area (Å²) in [5.41, 5.74) is 3.35. The van der Waals surface area contributed by atoms with E-state index in [1.54, 1.807) is 12.0 Å². The molecule has 2 N–H and O–H groups in total. The number of fused-ring (bicyclic) bond motifs is 2. The fourth-order valence-corrected chi connectivity index (χ4v) is 3.96. The van der Waals surface area contributed by atoms with Crippen molar-refractivity contribution in [3.8, 4) is 11.8 Å². The van der Waals surface area contributed by atoms with Crippen LogP contribution in [0.1, 0.15) is 42.4 Å². The number of nitrogens with one attached hydrogen (secondary N) is 2. The normalized spacial score (nSPS) is 11.8. The lowest BCUT2D eigenvalue weighted by atomic mass is 10.0. The lowest BCUT2D eigenvalue weighted by molar-refractivity contribution is -0.121. The first-order valence-corrected chi connectivity index (χ1v) is 13.3. The van der Waals surface area contributed by atoms with Crippen molar-refractivity contribution in [1.82, 2.24) is 10.6 Å². The van der Waals surface area contributed by atoms with Gasteiger partial charge in [-0.05, 0) is 30.2 Å². The SMILES string of the molecule is COCCOCCOCCNC(=O)CCCC(=O)CCNC(=O)N1Cc2ccccc2C#Cc2ccccc21. The Labute approximate surface area is 230 Å². The second kappa shape index (κ2) is 17.0. The van der Waals surface area contributed by atoms with Crippen LogP contribution in [-0.2, 0) is 30.3 Å². The number of para-hydroxylation sites is 1. The topological polar surface area (TPSA) is 106 Å². The molecule has 2 aromatic carbocycles. The number of carbonyl (C=O) groups excluding carboxylic acids is 3. The van der Waals surface area contributed by atoms with E-state index in [-0.39, 0.29) is 43.5 Å². The molecule has 3 amide bonds. The zero-order valence-corrected chi connectivity index (χ0v) is 22.5. The summed E-state index contributed by atoms with van der Waals surface area (Å²) in [6, 6.07) is 15.0. The molecule has 0 spiro atoms. The lowest BCUT2D eigenvalue weighted by Crippen LogP contribution is -2.41. The van der Waals surface area contributed by atoms with Gasteiger partial charge in [0.15, 0.2) is 0 Å². The number of ketones is 1. The number of hydrogen-bond donors (Lipinski definition) is 2. The summed E-state index contributed by atoms with van der Waals surface area (Å²) in [7, 11) is 1.62. The average Bonchev–Trinajstić information content (AvgIpc) is 2.93. The highest BCUT2D eigenvalue weighted by Gasteiger charge is 2.21. The molecule has 208 valence electrons. The molecule has 9 heteroatoms. The fraction of sp³-hybridized carbons (Fsp3) is 0.433. The molecule has 0 saturated heterocycles. The minimum absolute atomic E-state index is 0.00388. The molecule has 1 aliphatic heterocycles. The molecule has 0 saturated carbocycles. The van der Waals surface area contributed by atoms with Gasteiger partial charge in [-0.25, -0.2) is 4.79 Å². The largest absolute Gasteiger partial charge is 0.382 e. The standard InChI is InChI=1S/C30H37N3O6/c1-37-19-20-39-22-21-38-18-17-31-29(35)12-6-10-27(34)15-16-32-30(36)33-23-26-9-3-2-7-24(26)13-14-25-8-4-5-11-28(25)33/h2-5,7-9,11H,6,10,12,15-23H2,1H3,(H,31,35)(H,32,36). The first-order chi connectivity index (χ1) is 19.1. The van der Waals surface area contributed by atoms with Gasteiger partial charge in [-0.15, -0.1) is 0 Å². The number of urea groups is 1. The summed E-state index contributed by atoms with van der Waals surface area (Å²) in [6.45, 7) is 3.42. The van der Waals surface area contributed by atoms with Gasteiger partial charge in [0.2, 0.25) is 5.91 Å². The van der Waals surface area contributed by atoms with Crippen LogP contribution in [0.15, 0.2) is 48.5 Å². The Morgan fingerprint density at radius 3 is 2.31 bits per heavy atom. The van der Waals surface area contributed by atoms with Crippen molar-refractivity contribution in [2.75, 3.05) is 58.1 Å². The number of nitrogens with zero attached hydrogens (tertiary/aromatic N) is 1. The van der Waals surface area contributed by atoms with Crippen LogP contribution in [0.2, 0.25) is 0 Å². The summed E-state index contributed by atoms with van der Waals surface area (Å²) in [5.74, 6) is 6.25. The van der Waals surface area contributed by atoms with Gasteiger partial charge in [-0.2, -0.15) is 0 Å². The quantitative estimate of drug-likeness (QED) is 0.253.